The van der Waals surface area contributed by atoms with Gasteiger partial charge in [0.1, 0.15) is 0 Å². The first-order valence-electron chi connectivity index (χ1n) is 5.20. The van der Waals surface area contributed by atoms with Crippen molar-refractivity contribution in [3.63, 3.8) is 0 Å². The summed E-state index contributed by atoms with van der Waals surface area (Å²) in [7, 11) is 0. The number of piperidine rings is 1. The summed E-state index contributed by atoms with van der Waals surface area (Å²) in [6, 6.07) is 0. The van der Waals surface area contributed by atoms with Crippen LogP contribution in [0.25, 0.3) is 0 Å². The number of rotatable bonds is 3. The van der Waals surface area contributed by atoms with E-state index in [1.54, 1.807) is 13.8 Å². The molecule has 1 fully saturated rings. The molecule has 0 bridgehead atoms. The second-order valence-electron chi connectivity index (χ2n) is 3.56. The minimum Gasteiger partial charge on any atom is -0.435 e. The van der Waals surface area contributed by atoms with E-state index in [1.807, 2.05) is 0 Å². The Bertz CT molecular complexity index is 302. The smallest absolute Gasteiger partial charge is 0.435 e. The van der Waals surface area contributed by atoms with Gasteiger partial charge in [0, 0.05) is 12.3 Å². The van der Waals surface area contributed by atoms with E-state index in [2.05, 4.69) is 9.47 Å². The van der Waals surface area contributed by atoms with Crippen LogP contribution in [-0.2, 0) is 19.1 Å². The molecule has 0 radical (unpaired) electrons. The Morgan fingerprint density at radius 2 is 2.12 bits per heavy atom. The highest BCUT2D eigenvalue weighted by molar-refractivity contribution is 5.98. The molecule has 0 aromatic heterocycles. The van der Waals surface area contributed by atoms with Crippen molar-refractivity contribution in [1.29, 1.82) is 0 Å². The molecule has 1 heterocycles. The quantitative estimate of drug-likeness (QED) is 0.531. The highest BCUT2D eigenvalue weighted by atomic mass is 16.7. The molecule has 0 aliphatic carbocycles. The zero-order valence-electron chi connectivity index (χ0n) is 9.39. The van der Waals surface area contributed by atoms with E-state index in [1.165, 1.54) is 0 Å². The van der Waals surface area contributed by atoms with Crippen molar-refractivity contribution in [2.45, 2.75) is 26.7 Å². The third-order valence-corrected chi connectivity index (χ3v) is 2.35. The van der Waals surface area contributed by atoms with E-state index in [9.17, 15) is 14.4 Å². The number of carbonyl (C=O) groups excluding carboxylic acids is 3. The van der Waals surface area contributed by atoms with E-state index in [4.69, 9.17) is 0 Å². The fraction of sp³-hybridized carbons (Fsp3) is 0.700. The fourth-order valence-electron chi connectivity index (χ4n) is 1.40. The van der Waals surface area contributed by atoms with Gasteiger partial charge in [-0.15, -0.1) is 0 Å². The molecule has 1 unspecified atom stereocenters. The van der Waals surface area contributed by atoms with Crippen LogP contribution in [0.1, 0.15) is 26.7 Å². The van der Waals surface area contributed by atoms with Gasteiger partial charge in [-0.2, -0.15) is 0 Å². The molecule has 2 amide bonds. The molecular formula is C10H15NO5. The second-order valence-corrected chi connectivity index (χ2v) is 3.56. The average molecular weight is 229 g/mol. The lowest BCUT2D eigenvalue weighted by atomic mass is 9.99. The number of carbonyl (C=O) groups is 3. The van der Waals surface area contributed by atoms with Gasteiger partial charge in [-0.3, -0.25) is 9.59 Å². The Morgan fingerprint density at radius 3 is 2.75 bits per heavy atom. The molecule has 90 valence electrons. The van der Waals surface area contributed by atoms with Gasteiger partial charge >= 0.3 is 6.16 Å². The van der Waals surface area contributed by atoms with Crippen molar-refractivity contribution in [2.24, 2.45) is 5.92 Å². The molecule has 0 N–H and O–H groups in total. The third kappa shape index (κ3) is 2.95. The monoisotopic (exact) mass is 229 g/mol. The molecule has 6 heteroatoms. The summed E-state index contributed by atoms with van der Waals surface area (Å²) in [5, 5.41) is 0. The van der Waals surface area contributed by atoms with Gasteiger partial charge in [0.05, 0.1) is 6.61 Å². The number of ether oxygens (including phenoxy) is 2. The Hall–Kier alpha value is -1.59. The van der Waals surface area contributed by atoms with Crippen molar-refractivity contribution >= 4 is 18.0 Å². The molecule has 1 atom stereocenters. The Kier molecular flexibility index (Phi) is 4.28. The predicted molar refractivity (Wildman–Crippen MR) is 53.2 cm³/mol. The average Bonchev–Trinajstić information content (AvgIpc) is 2.24. The normalized spacial score (nSPS) is 20.9. The molecule has 1 saturated heterocycles. The summed E-state index contributed by atoms with van der Waals surface area (Å²) in [6.07, 6.45) is -0.0199. The van der Waals surface area contributed by atoms with Gasteiger partial charge in [-0.25, -0.2) is 9.69 Å². The first kappa shape index (κ1) is 12.5. The van der Waals surface area contributed by atoms with Gasteiger partial charge in [0.15, 0.2) is 6.73 Å². The number of likely N-dealkylation sites (tertiary alicyclic amines) is 1. The largest absolute Gasteiger partial charge is 0.510 e. The van der Waals surface area contributed by atoms with E-state index in [0.717, 1.165) is 4.90 Å². The molecule has 0 aromatic carbocycles. The Morgan fingerprint density at radius 1 is 1.44 bits per heavy atom. The summed E-state index contributed by atoms with van der Waals surface area (Å²) < 4.78 is 9.15. The summed E-state index contributed by atoms with van der Waals surface area (Å²) in [5.41, 5.74) is 0. The number of amides is 2. The van der Waals surface area contributed by atoms with Crippen molar-refractivity contribution in [1.82, 2.24) is 4.90 Å². The minimum atomic E-state index is -0.874. The van der Waals surface area contributed by atoms with E-state index >= 15 is 0 Å². The predicted octanol–water partition coefficient (Wildman–Crippen LogP) is 0.902. The lowest BCUT2D eigenvalue weighted by Gasteiger charge is -2.27. The van der Waals surface area contributed by atoms with Gasteiger partial charge < -0.3 is 9.47 Å². The standard InChI is InChI=1S/C10H15NO5/c1-3-15-10(14)16-6-11-8(12)5-4-7(2)9(11)13/h7H,3-6H2,1-2H3. The molecular weight excluding hydrogens is 214 g/mol. The zero-order valence-corrected chi connectivity index (χ0v) is 9.39. The van der Waals surface area contributed by atoms with Crippen molar-refractivity contribution < 1.29 is 23.9 Å². The third-order valence-electron chi connectivity index (χ3n) is 2.35. The maximum Gasteiger partial charge on any atom is 0.510 e. The number of hydrogen-bond acceptors (Lipinski definition) is 5. The summed E-state index contributed by atoms with van der Waals surface area (Å²) in [4.78, 5) is 34.8. The number of hydrogen-bond donors (Lipinski definition) is 0. The Balaban J connectivity index is 2.48. The summed E-state index contributed by atoms with van der Waals surface area (Å²) in [5.74, 6) is -0.823. The first-order chi connectivity index (χ1) is 7.56. The molecule has 6 nitrogen and oxygen atoms in total. The molecule has 1 aliphatic rings. The summed E-state index contributed by atoms with van der Waals surface area (Å²) >= 11 is 0. The van der Waals surface area contributed by atoms with Crippen LogP contribution in [0.5, 0.6) is 0 Å². The van der Waals surface area contributed by atoms with Crippen molar-refractivity contribution in [3.05, 3.63) is 0 Å². The molecule has 0 aromatic rings. The van der Waals surface area contributed by atoms with E-state index in [0.29, 0.717) is 12.8 Å². The second kappa shape index (κ2) is 5.48. The summed E-state index contributed by atoms with van der Waals surface area (Å²) in [6.45, 7) is 3.21. The lowest BCUT2D eigenvalue weighted by molar-refractivity contribution is -0.156. The maximum atomic E-state index is 11.6. The van der Waals surface area contributed by atoms with Crippen LogP contribution >= 0.6 is 0 Å². The van der Waals surface area contributed by atoms with Gasteiger partial charge in [-0.1, -0.05) is 6.92 Å². The van der Waals surface area contributed by atoms with Crippen LogP contribution in [0.4, 0.5) is 4.79 Å². The van der Waals surface area contributed by atoms with Crippen LogP contribution in [0.2, 0.25) is 0 Å². The van der Waals surface area contributed by atoms with E-state index < -0.39 is 6.16 Å². The SMILES string of the molecule is CCOC(=O)OCN1C(=O)CCC(C)C1=O. The van der Waals surface area contributed by atoms with Crippen molar-refractivity contribution in [2.75, 3.05) is 13.3 Å². The maximum absolute atomic E-state index is 11.6. The first-order valence-corrected chi connectivity index (χ1v) is 5.20. The molecule has 16 heavy (non-hydrogen) atoms. The molecule has 0 spiro atoms. The topological polar surface area (TPSA) is 72.9 Å². The zero-order chi connectivity index (χ0) is 12.1. The minimum absolute atomic E-state index is 0.192. The van der Waals surface area contributed by atoms with Gasteiger partial charge in [0.25, 0.3) is 0 Å². The molecule has 0 saturated carbocycles. The van der Waals surface area contributed by atoms with Gasteiger partial charge in [-0.05, 0) is 13.3 Å². The van der Waals surface area contributed by atoms with Crippen molar-refractivity contribution in [3.8, 4) is 0 Å². The van der Waals surface area contributed by atoms with E-state index in [-0.39, 0.29) is 31.1 Å². The highest BCUT2D eigenvalue weighted by Gasteiger charge is 2.32. The molecule has 1 rings (SSSR count). The number of nitrogens with zero attached hydrogens (tertiary/aromatic N) is 1. The lowest BCUT2D eigenvalue weighted by Crippen LogP contribution is -2.45. The van der Waals surface area contributed by atoms with Crippen LogP contribution in [0.15, 0.2) is 0 Å². The Labute approximate surface area is 93.5 Å². The highest BCUT2D eigenvalue weighted by Crippen LogP contribution is 2.18. The fourth-order valence-corrected chi connectivity index (χ4v) is 1.40. The van der Waals surface area contributed by atoms with Crippen LogP contribution in [0, 0.1) is 5.92 Å². The van der Waals surface area contributed by atoms with Crippen LogP contribution in [-0.4, -0.2) is 36.2 Å². The molecule has 1 aliphatic heterocycles. The number of imide groups is 1. The van der Waals surface area contributed by atoms with Gasteiger partial charge in [0.2, 0.25) is 11.8 Å². The van der Waals surface area contributed by atoms with Crippen LogP contribution in [0.3, 0.4) is 0 Å². The van der Waals surface area contributed by atoms with Crippen LogP contribution < -0.4 is 0 Å².